The molecule has 0 radical (unpaired) electrons. The van der Waals surface area contributed by atoms with Gasteiger partial charge in [-0.3, -0.25) is 0 Å². The molecular formula is C18H25N5. The van der Waals surface area contributed by atoms with Gasteiger partial charge in [0.25, 0.3) is 0 Å². The third-order valence-corrected chi connectivity index (χ3v) is 4.37. The van der Waals surface area contributed by atoms with E-state index in [4.69, 9.17) is 4.98 Å². The molecule has 0 saturated heterocycles. The molecule has 3 heterocycles. The minimum absolute atomic E-state index is 0.283. The Labute approximate surface area is 138 Å². The Morgan fingerprint density at radius 2 is 1.91 bits per heavy atom. The molecule has 0 bridgehead atoms. The molecule has 2 unspecified atom stereocenters. The highest BCUT2D eigenvalue weighted by Gasteiger charge is 2.30. The van der Waals surface area contributed by atoms with Crippen LogP contribution in [0.5, 0.6) is 0 Å². The van der Waals surface area contributed by atoms with Gasteiger partial charge in [-0.05, 0) is 44.2 Å². The van der Waals surface area contributed by atoms with Crippen LogP contribution < -0.4 is 5.32 Å². The van der Waals surface area contributed by atoms with E-state index in [1.54, 1.807) is 12.4 Å². The van der Waals surface area contributed by atoms with Crippen LogP contribution in [0.2, 0.25) is 0 Å². The summed E-state index contributed by atoms with van der Waals surface area (Å²) < 4.78 is 0. The monoisotopic (exact) mass is 311 g/mol. The number of nitrogens with zero attached hydrogens (tertiary/aromatic N) is 4. The van der Waals surface area contributed by atoms with Gasteiger partial charge in [-0.2, -0.15) is 0 Å². The van der Waals surface area contributed by atoms with Crippen LogP contribution in [0.15, 0.2) is 18.5 Å². The topological polar surface area (TPSA) is 63.6 Å². The molecule has 1 aliphatic heterocycles. The third-order valence-electron chi connectivity index (χ3n) is 4.37. The molecule has 1 aliphatic rings. The lowest BCUT2D eigenvalue weighted by Crippen LogP contribution is -2.36. The lowest BCUT2D eigenvalue weighted by atomic mass is 9.85. The highest BCUT2D eigenvalue weighted by atomic mass is 15.0. The van der Waals surface area contributed by atoms with Gasteiger partial charge in [-0.25, -0.2) is 19.9 Å². The lowest BCUT2D eigenvalue weighted by molar-refractivity contribution is 0.312. The van der Waals surface area contributed by atoms with Gasteiger partial charge in [-0.15, -0.1) is 0 Å². The van der Waals surface area contributed by atoms with Crippen molar-refractivity contribution in [3.8, 4) is 11.5 Å². The summed E-state index contributed by atoms with van der Waals surface area (Å²) in [5, 5.41) is 3.66. The van der Waals surface area contributed by atoms with Crippen molar-refractivity contribution in [2.24, 2.45) is 11.8 Å². The maximum absolute atomic E-state index is 4.78. The van der Waals surface area contributed by atoms with E-state index in [0.29, 0.717) is 17.7 Å². The fourth-order valence-electron chi connectivity index (χ4n) is 3.53. The van der Waals surface area contributed by atoms with Gasteiger partial charge in [0.1, 0.15) is 11.5 Å². The number of aromatic nitrogens is 4. The Balaban J connectivity index is 2.05. The first-order chi connectivity index (χ1) is 11.1. The zero-order valence-electron chi connectivity index (χ0n) is 14.4. The van der Waals surface area contributed by atoms with E-state index >= 15 is 0 Å². The maximum Gasteiger partial charge on any atom is 0.178 e. The molecule has 0 saturated carbocycles. The molecule has 2 aromatic heterocycles. The van der Waals surface area contributed by atoms with Crippen molar-refractivity contribution in [3.05, 3.63) is 35.5 Å². The zero-order valence-corrected chi connectivity index (χ0v) is 14.4. The standard InChI is InChI=1S/C18H25N5/c1-11(2)10-12(3)15-16-14(6-9-19-15)17(23-13(4)22-16)18-20-7-5-8-21-18/h5,7-8,11-12,15,19H,6,9-10H2,1-4H3. The molecule has 2 atom stereocenters. The average molecular weight is 311 g/mol. The van der Waals surface area contributed by atoms with E-state index in [1.165, 1.54) is 12.0 Å². The van der Waals surface area contributed by atoms with Gasteiger partial charge in [0.2, 0.25) is 0 Å². The normalized spacial score (nSPS) is 18.7. The van der Waals surface area contributed by atoms with E-state index in [9.17, 15) is 0 Å². The molecular weight excluding hydrogens is 286 g/mol. The molecule has 0 fully saturated rings. The summed E-state index contributed by atoms with van der Waals surface area (Å²) in [7, 11) is 0. The molecule has 1 N–H and O–H groups in total. The molecule has 0 aliphatic carbocycles. The van der Waals surface area contributed by atoms with Gasteiger partial charge in [-0.1, -0.05) is 20.8 Å². The van der Waals surface area contributed by atoms with Crippen LogP contribution in [-0.4, -0.2) is 26.5 Å². The summed E-state index contributed by atoms with van der Waals surface area (Å²) in [5.74, 6) is 2.70. The molecule has 0 spiro atoms. The Kier molecular flexibility index (Phi) is 4.66. The zero-order chi connectivity index (χ0) is 16.4. The third kappa shape index (κ3) is 3.39. The summed E-state index contributed by atoms with van der Waals surface area (Å²) >= 11 is 0. The SMILES string of the molecule is Cc1nc(-c2ncccn2)c2c(n1)C(C(C)CC(C)C)NCC2. The van der Waals surface area contributed by atoms with Crippen LogP contribution >= 0.6 is 0 Å². The molecule has 3 rings (SSSR count). The first-order valence-electron chi connectivity index (χ1n) is 8.44. The minimum Gasteiger partial charge on any atom is -0.308 e. The predicted octanol–water partition coefficient (Wildman–Crippen LogP) is 3.11. The summed E-state index contributed by atoms with van der Waals surface area (Å²) in [6.07, 6.45) is 5.64. The number of rotatable bonds is 4. The second kappa shape index (κ2) is 6.71. The van der Waals surface area contributed by atoms with Crippen LogP contribution in [0.25, 0.3) is 11.5 Å². The number of nitrogens with one attached hydrogen (secondary N) is 1. The van der Waals surface area contributed by atoms with Crippen LogP contribution in [-0.2, 0) is 6.42 Å². The molecule has 0 amide bonds. The van der Waals surface area contributed by atoms with Crippen LogP contribution in [0.1, 0.15) is 50.3 Å². The molecule has 5 nitrogen and oxygen atoms in total. The van der Waals surface area contributed by atoms with Crippen molar-refractivity contribution in [1.82, 2.24) is 25.3 Å². The van der Waals surface area contributed by atoms with E-state index in [-0.39, 0.29) is 6.04 Å². The van der Waals surface area contributed by atoms with Gasteiger partial charge in [0.05, 0.1) is 11.7 Å². The van der Waals surface area contributed by atoms with Crippen molar-refractivity contribution in [1.29, 1.82) is 0 Å². The summed E-state index contributed by atoms with van der Waals surface area (Å²) in [5.41, 5.74) is 3.25. The van der Waals surface area contributed by atoms with E-state index in [0.717, 1.165) is 30.2 Å². The highest BCUT2D eigenvalue weighted by Crippen LogP contribution is 2.34. The van der Waals surface area contributed by atoms with Crippen LogP contribution in [0, 0.1) is 18.8 Å². The second-order valence-electron chi connectivity index (χ2n) is 6.84. The van der Waals surface area contributed by atoms with Crippen molar-refractivity contribution >= 4 is 0 Å². The fourth-order valence-corrected chi connectivity index (χ4v) is 3.53. The smallest absolute Gasteiger partial charge is 0.178 e. The van der Waals surface area contributed by atoms with Gasteiger partial charge < -0.3 is 5.32 Å². The quantitative estimate of drug-likeness (QED) is 0.940. The Bertz CT molecular complexity index is 669. The Hall–Kier alpha value is -1.88. The van der Waals surface area contributed by atoms with Crippen LogP contribution in [0.4, 0.5) is 0 Å². The van der Waals surface area contributed by atoms with Gasteiger partial charge >= 0.3 is 0 Å². The molecule has 5 heteroatoms. The molecule has 2 aromatic rings. The second-order valence-corrected chi connectivity index (χ2v) is 6.84. The Morgan fingerprint density at radius 3 is 2.61 bits per heavy atom. The Morgan fingerprint density at radius 1 is 1.17 bits per heavy atom. The maximum atomic E-state index is 4.78. The first kappa shape index (κ1) is 16.0. The van der Waals surface area contributed by atoms with E-state index in [1.807, 2.05) is 13.0 Å². The molecule has 23 heavy (non-hydrogen) atoms. The first-order valence-corrected chi connectivity index (χ1v) is 8.44. The van der Waals surface area contributed by atoms with E-state index < -0.39 is 0 Å². The predicted molar refractivity (Wildman–Crippen MR) is 90.9 cm³/mol. The summed E-state index contributed by atoms with van der Waals surface area (Å²) in [6, 6.07) is 2.12. The van der Waals surface area contributed by atoms with Crippen LogP contribution in [0.3, 0.4) is 0 Å². The minimum atomic E-state index is 0.283. The van der Waals surface area contributed by atoms with Crippen molar-refractivity contribution in [2.75, 3.05) is 6.54 Å². The highest BCUT2D eigenvalue weighted by molar-refractivity contribution is 5.57. The largest absolute Gasteiger partial charge is 0.308 e. The summed E-state index contributed by atoms with van der Waals surface area (Å²) in [4.78, 5) is 18.2. The van der Waals surface area contributed by atoms with Crippen molar-refractivity contribution in [2.45, 2.75) is 46.6 Å². The van der Waals surface area contributed by atoms with E-state index in [2.05, 4.69) is 41.0 Å². The lowest BCUT2D eigenvalue weighted by Gasteiger charge is -2.32. The molecule has 122 valence electrons. The number of hydrogen-bond acceptors (Lipinski definition) is 5. The fraction of sp³-hybridized carbons (Fsp3) is 0.556. The number of hydrogen-bond donors (Lipinski definition) is 1. The number of fused-ring (bicyclic) bond motifs is 1. The van der Waals surface area contributed by atoms with Crippen molar-refractivity contribution < 1.29 is 0 Å². The average Bonchev–Trinajstić information content (AvgIpc) is 2.53. The number of aryl methyl sites for hydroxylation is 1. The van der Waals surface area contributed by atoms with Gasteiger partial charge in [0.15, 0.2) is 5.82 Å². The van der Waals surface area contributed by atoms with Crippen molar-refractivity contribution in [3.63, 3.8) is 0 Å². The summed E-state index contributed by atoms with van der Waals surface area (Å²) in [6.45, 7) is 9.75. The molecule has 0 aromatic carbocycles. The van der Waals surface area contributed by atoms with Gasteiger partial charge in [0, 0.05) is 18.0 Å².